The number of imidazole rings is 1. The molecule has 0 radical (unpaired) electrons. The van der Waals surface area contributed by atoms with Crippen molar-refractivity contribution in [1.29, 1.82) is 0 Å². The standard InChI is InChI=1S/C26H23FN4O3/c1-15-23(25(32)29-17-10-8-16(27)9-11-17)24(19-13-12-18(33-2)14-22(19)34-3)31-21-7-5-4-6-20(21)30-26(31)28-15/h4-14,24H,1-3H3,(H,28,30)(H,29,32)/t24-/m1/s1. The fourth-order valence-electron chi connectivity index (χ4n) is 4.33. The number of rotatable bonds is 5. The average molecular weight is 458 g/mol. The summed E-state index contributed by atoms with van der Waals surface area (Å²) in [4.78, 5) is 18.4. The van der Waals surface area contributed by atoms with Crippen LogP contribution in [-0.2, 0) is 4.79 Å². The second kappa shape index (κ2) is 8.55. The molecule has 0 spiro atoms. The third-order valence-electron chi connectivity index (χ3n) is 5.91. The molecule has 8 heteroatoms. The smallest absolute Gasteiger partial charge is 0.255 e. The van der Waals surface area contributed by atoms with E-state index < -0.39 is 6.04 Å². The lowest BCUT2D eigenvalue weighted by atomic mass is 9.93. The number of halogens is 1. The molecule has 1 aliphatic rings. The molecule has 0 saturated carbocycles. The van der Waals surface area contributed by atoms with Crippen molar-refractivity contribution in [1.82, 2.24) is 9.55 Å². The average Bonchev–Trinajstić information content (AvgIpc) is 3.22. The molecule has 1 aromatic heterocycles. The van der Waals surface area contributed by atoms with E-state index in [0.29, 0.717) is 34.4 Å². The molecule has 172 valence electrons. The summed E-state index contributed by atoms with van der Waals surface area (Å²) in [7, 11) is 3.17. The van der Waals surface area contributed by atoms with Gasteiger partial charge < -0.3 is 20.1 Å². The molecule has 7 nitrogen and oxygen atoms in total. The van der Waals surface area contributed by atoms with Gasteiger partial charge in [0.05, 0.1) is 36.9 Å². The molecule has 0 saturated heterocycles. The zero-order valence-corrected chi connectivity index (χ0v) is 18.9. The fraction of sp³-hybridized carbons (Fsp3) is 0.154. The van der Waals surface area contributed by atoms with Crippen molar-refractivity contribution in [2.24, 2.45) is 0 Å². The lowest BCUT2D eigenvalue weighted by molar-refractivity contribution is -0.113. The van der Waals surface area contributed by atoms with E-state index >= 15 is 0 Å². The Morgan fingerprint density at radius 1 is 1.06 bits per heavy atom. The number of amides is 1. The summed E-state index contributed by atoms with van der Waals surface area (Å²) >= 11 is 0. The number of ether oxygens (including phenoxy) is 2. The number of para-hydroxylation sites is 2. The third kappa shape index (κ3) is 3.63. The van der Waals surface area contributed by atoms with Crippen LogP contribution in [0.15, 0.2) is 78.0 Å². The Morgan fingerprint density at radius 3 is 2.56 bits per heavy atom. The number of methoxy groups -OCH3 is 2. The molecular formula is C26H23FN4O3. The summed E-state index contributed by atoms with van der Waals surface area (Å²) in [6.45, 7) is 1.84. The lowest BCUT2D eigenvalue weighted by Crippen LogP contribution is -2.31. The lowest BCUT2D eigenvalue weighted by Gasteiger charge is -2.31. The molecule has 0 fully saturated rings. The Kier molecular flexibility index (Phi) is 5.41. The zero-order chi connectivity index (χ0) is 23.8. The van der Waals surface area contributed by atoms with Crippen LogP contribution in [0.3, 0.4) is 0 Å². The minimum absolute atomic E-state index is 0.317. The number of anilines is 2. The summed E-state index contributed by atoms with van der Waals surface area (Å²) in [5, 5.41) is 6.18. The second-order valence-corrected chi connectivity index (χ2v) is 7.93. The molecule has 1 atom stereocenters. The predicted molar refractivity (Wildman–Crippen MR) is 129 cm³/mol. The first kappa shape index (κ1) is 21.5. The van der Waals surface area contributed by atoms with Gasteiger partial charge >= 0.3 is 0 Å². The molecule has 0 aliphatic carbocycles. The summed E-state index contributed by atoms with van der Waals surface area (Å²) < 4.78 is 26.5. The van der Waals surface area contributed by atoms with Crippen LogP contribution in [0.4, 0.5) is 16.0 Å². The van der Waals surface area contributed by atoms with Gasteiger partial charge in [-0.05, 0) is 55.5 Å². The Hall–Kier alpha value is -4.33. The van der Waals surface area contributed by atoms with Gasteiger partial charge in [0, 0.05) is 23.0 Å². The van der Waals surface area contributed by atoms with Crippen molar-refractivity contribution in [2.45, 2.75) is 13.0 Å². The van der Waals surface area contributed by atoms with E-state index in [1.807, 2.05) is 47.9 Å². The quantitative estimate of drug-likeness (QED) is 0.434. The van der Waals surface area contributed by atoms with Crippen LogP contribution >= 0.6 is 0 Å². The van der Waals surface area contributed by atoms with Gasteiger partial charge in [-0.25, -0.2) is 9.37 Å². The van der Waals surface area contributed by atoms with E-state index in [-0.39, 0.29) is 11.7 Å². The highest BCUT2D eigenvalue weighted by atomic mass is 19.1. The van der Waals surface area contributed by atoms with Gasteiger partial charge in [0.15, 0.2) is 0 Å². The Bertz CT molecular complexity index is 1430. The van der Waals surface area contributed by atoms with Gasteiger partial charge in [0.1, 0.15) is 17.3 Å². The molecular weight excluding hydrogens is 435 g/mol. The van der Waals surface area contributed by atoms with E-state index in [4.69, 9.17) is 14.5 Å². The Balaban J connectivity index is 1.69. The number of carbonyl (C=O) groups excluding carboxylic acids is 1. The SMILES string of the molecule is COc1ccc([C@@H]2C(C(=O)Nc3ccc(F)cc3)=C(C)Nc3nc4ccccc4n32)c(OC)c1. The van der Waals surface area contributed by atoms with E-state index in [1.54, 1.807) is 20.3 Å². The first-order chi connectivity index (χ1) is 16.5. The molecule has 5 rings (SSSR count). The molecule has 2 N–H and O–H groups in total. The number of fused-ring (bicyclic) bond motifs is 3. The summed E-state index contributed by atoms with van der Waals surface area (Å²) in [6.07, 6.45) is 0. The molecule has 1 aliphatic heterocycles. The number of aromatic nitrogens is 2. The number of nitrogens with zero attached hydrogens (tertiary/aromatic N) is 2. The van der Waals surface area contributed by atoms with E-state index in [2.05, 4.69) is 10.6 Å². The molecule has 2 heterocycles. The minimum atomic E-state index is -0.537. The minimum Gasteiger partial charge on any atom is -0.497 e. The Morgan fingerprint density at radius 2 is 1.82 bits per heavy atom. The van der Waals surface area contributed by atoms with Crippen LogP contribution in [0.1, 0.15) is 18.5 Å². The van der Waals surface area contributed by atoms with Gasteiger partial charge in [-0.15, -0.1) is 0 Å². The van der Waals surface area contributed by atoms with Crippen molar-refractivity contribution in [3.63, 3.8) is 0 Å². The van der Waals surface area contributed by atoms with Crippen LogP contribution in [0.25, 0.3) is 11.0 Å². The van der Waals surface area contributed by atoms with Crippen LogP contribution in [0.5, 0.6) is 11.5 Å². The third-order valence-corrected chi connectivity index (χ3v) is 5.91. The molecule has 3 aromatic carbocycles. The maximum Gasteiger partial charge on any atom is 0.255 e. The molecule has 4 aromatic rings. The van der Waals surface area contributed by atoms with Gasteiger partial charge in [-0.3, -0.25) is 9.36 Å². The van der Waals surface area contributed by atoms with Crippen LogP contribution in [0, 0.1) is 5.82 Å². The normalized spacial score (nSPS) is 15.0. The number of carbonyl (C=O) groups is 1. The number of benzene rings is 3. The van der Waals surface area contributed by atoms with E-state index in [1.165, 1.54) is 24.3 Å². The number of hydrogen-bond acceptors (Lipinski definition) is 5. The Labute approximate surface area is 195 Å². The topological polar surface area (TPSA) is 77.4 Å². The summed E-state index contributed by atoms with van der Waals surface area (Å²) in [6, 6.07) is 18.4. The van der Waals surface area contributed by atoms with Gasteiger partial charge in [-0.1, -0.05) is 12.1 Å². The highest BCUT2D eigenvalue weighted by molar-refractivity contribution is 6.06. The zero-order valence-electron chi connectivity index (χ0n) is 18.9. The van der Waals surface area contributed by atoms with Crippen molar-refractivity contribution in [3.05, 3.63) is 89.4 Å². The van der Waals surface area contributed by atoms with Crippen LogP contribution in [-0.4, -0.2) is 29.7 Å². The van der Waals surface area contributed by atoms with E-state index in [0.717, 1.165) is 16.6 Å². The summed E-state index contributed by atoms with van der Waals surface area (Å²) in [5.74, 6) is 1.16. The second-order valence-electron chi connectivity index (χ2n) is 7.93. The maximum atomic E-state index is 13.6. The maximum absolute atomic E-state index is 13.6. The van der Waals surface area contributed by atoms with Gasteiger partial charge in [0.2, 0.25) is 5.95 Å². The molecule has 1 amide bonds. The van der Waals surface area contributed by atoms with Gasteiger partial charge in [-0.2, -0.15) is 0 Å². The van der Waals surface area contributed by atoms with Crippen LogP contribution in [0.2, 0.25) is 0 Å². The number of allylic oxidation sites excluding steroid dienone is 1. The monoisotopic (exact) mass is 458 g/mol. The highest BCUT2D eigenvalue weighted by Gasteiger charge is 2.35. The van der Waals surface area contributed by atoms with Crippen molar-refractivity contribution in [2.75, 3.05) is 24.9 Å². The number of hydrogen-bond donors (Lipinski definition) is 2. The molecule has 0 bridgehead atoms. The first-order valence-corrected chi connectivity index (χ1v) is 10.7. The largest absolute Gasteiger partial charge is 0.497 e. The summed E-state index contributed by atoms with van der Waals surface area (Å²) in [5.41, 5.74) is 4.09. The van der Waals surface area contributed by atoms with Gasteiger partial charge in [0.25, 0.3) is 5.91 Å². The first-order valence-electron chi connectivity index (χ1n) is 10.7. The van der Waals surface area contributed by atoms with Crippen molar-refractivity contribution in [3.8, 4) is 11.5 Å². The molecule has 34 heavy (non-hydrogen) atoms. The number of nitrogens with one attached hydrogen (secondary N) is 2. The molecule has 0 unspecified atom stereocenters. The predicted octanol–water partition coefficient (Wildman–Crippen LogP) is 5.12. The van der Waals surface area contributed by atoms with Crippen LogP contribution < -0.4 is 20.1 Å². The fourth-order valence-corrected chi connectivity index (χ4v) is 4.33. The van der Waals surface area contributed by atoms with Crippen molar-refractivity contribution >= 4 is 28.6 Å². The van der Waals surface area contributed by atoms with E-state index in [9.17, 15) is 9.18 Å². The highest BCUT2D eigenvalue weighted by Crippen LogP contribution is 2.43. The van der Waals surface area contributed by atoms with Crippen molar-refractivity contribution < 1.29 is 18.7 Å².